The maximum absolute atomic E-state index is 11.8. The molecule has 2 rings (SSSR count). The van der Waals surface area contributed by atoms with E-state index in [4.69, 9.17) is 16.3 Å². The Morgan fingerprint density at radius 1 is 1.33 bits per heavy atom. The summed E-state index contributed by atoms with van der Waals surface area (Å²) in [7, 11) is 0. The number of carbonyl (C=O) groups excluding carboxylic acids is 1. The fourth-order valence-corrected chi connectivity index (χ4v) is 1.61. The Labute approximate surface area is 110 Å². The summed E-state index contributed by atoms with van der Waals surface area (Å²) in [6.07, 6.45) is 1.59. The second kappa shape index (κ2) is 5.65. The van der Waals surface area contributed by atoms with Gasteiger partial charge in [0.15, 0.2) is 0 Å². The van der Waals surface area contributed by atoms with Gasteiger partial charge in [-0.25, -0.2) is 9.78 Å². The number of rotatable bonds is 3. The molecule has 0 atom stereocenters. The topological polar surface area (TPSA) is 39.2 Å². The third-order valence-electron chi connectivity index (χ3n) is 2.41. The number of pyridine rings is 1. The number of esters is 1. The van der Waals surface area contributed by atoms with Gasteiger partial charge in [0.05, 0.1) is 5.56 Å². The molecular formula is C14H12ClNO2. The SMILES string of the molecule is Cc1cccc(C(=O)OCc2ccc(Cl)nc2)c1. The fourth-order valence-electron chi connectivity index (χ4n) is 1.50. The summed E-state index contributed by atoms with van der Waals surface area (Å²) in [5, 5.41) is 0.420. The van der Waals surface area contributed by atoms with E-state index in [1.165, 1.54) is 0 Å². The predicted octanol–water partition coefficient (Wildman–Crippen LogP) is 3.40. The van der Waals surface area contributed by atoms with Crippen LogP contribution in [-0.4, -0.2) is 11.0 Å². The number of aromatic nitrogens is 1. The number of ether oxygens (including phenoxy) is 1. The smallest absolute Gasteiger partial charge is 0.338 e. The monoisotopic (exact) mass is 261 g/mol. The molecular weight excluding hydrogens is 250 g/mol. The highest BCUT2D eigenvalue weighted by molar-refractivity contribution is 6.29. The molecule has 0 saturated carbocycles. The molecule has 0 unspecified atom stereocenters. The van der Waals surface area contributed by atoms with E-state index in [-0.39, 0.29) is 12.6 Å². The first-order valence-electron chi connectivity index (χ1n) is 5.49. The molecule has 92 valence electrons. The molecule has 4 heteroatoms. The molecule has 0 bridgehead atoms. The number of hydrogen-bond acceptors (Lipinski definition) is 3. The largest absolute Gasteiger partial charge is 0.457 e. The number of halogens is 1. The number of carbonyl (C=O) groups is 1. The van der Waals surface area contributed by atoms with Crippen LogP contribution in [0.3, 0.4) is 0 Å². The van der Waals surface area contributed by atoms with Crippen LogP contribution in [0.5, 0.6) is 0 Å². The molecule has 0 aliphatic rings. The fraction of sp³-hybridized carbons (Fsp3) is 0.143. The van der Waals surface area contributed by atoms with Crippen LogP contribution in [0.2, 0.25) is 5.15 Å². The van der Waals surface area contributed by atoms with Crippen molar-refractivity contribution in [1.82, 2.24) is 4.98 Å². The van der Waals surface area contributed by atoms with Crippen LogP contribution in [0, 0.1) is 6.92 Å². The maximum atomic E-state index is 11.8. The third-order valence-corrected chi connectivity index (χ3v) is 2.64. The number of aryl methyl sites for hydroxylation is 1. The van der Waals surface area contributed by atoms with Crippen LogP contribution in [0.4, 0.5) is 0 Å². The van der Waals surface area contributed by atoms with Gasteiger partial charge in [-0.1, -0.05) is 35.4 Å². The van der Waals surface area contributed by atoms with Crippen molar-refractivity contribution in [3.8, 4) is 0 Å². The zero-order valence-corrected chi connectivity index (χ0v) is 10.6. The molecule has 1 aromatic carbocycles. The van der Waals surface area contributed by atoms with E-state index in [1.807, 2.05) is 19.1 Å². The molecule has 0 fully saturated rings. The molecule has 0 N–H and O–H groups in total. The maximum Gasteiger partial charge on any atom is 0.338 e. The first-order valence-corrected chi connectivity index (χ1v) is 5.87. The van der Waals surface area contributed by atoms with Gasteiger partial charge in [-0.3, -0.25) is 0 Å². The van der Waals surface area contributed by atoms with E-state index in [0.717, 1.165) is 11.1 Å². The zero-order valence-electron chi connectivity index (χ0n) is 9.89. The van der Waals surface area contributed by atoms with Gasteiger partial charge < -0.3 is 4.74 Å². The second-order valence-corrected chi connectivity index (χ2v) is 4.32. The Bertz CT molecular complexity index is 552. The quantitative estimate of drug-likeness (QED) is 0.628. The summed E-state index contributed by atoms with van der Waals surface area (Å²) in [4.78, 5) is 15.7. The van der Waals surface area contributed by atoms with E-state index in [2.05, 4.69) is 4.98 Å². The Morgan fingerprint density at radius 2 is 2.17 bits per heavy atom. The summed E-state index contributed by atoms with van der Waals surface area (Å²) in [5.74, 6) is -0.339. The van der Waals surface area contributed by atoms with E-state index < -0.39 is 0 Å². The van der Waals surface area contributed by atoms with Crippen molar-refractivity contribution >= 4 is 17.6 Å². The lowest BCUT2D eigenvalue weighted by Gasteiger charge is -2.05. The van der Waals surface area contributed by atoms with E-state index in [0.29, 0.717) is 10.7 Å². The Morgan fingerprint density at radius 3 is 2.83 bits per heavy atom. The van der Waals surface area contributed by atoms with E-state index >= 15 is 0 Å². The molecule has 18 heavy (non-hydrogen) atoms. The van der Waals surface area contributed by atoms with Gasteiger partial charge in [0.2, 0.25) is 0 Å². The molecule has 0 saturated heterocycles. The summed E-state index contributed by atoms with van der Waals surface area (Å²) < 4.78 is 5.19. The van der Waals surface area contributed by atoms with Crippen LogP contribution in [-0.2, 0) is 11.3 Å². The molecule has 1 aromatic heterocycles. The van der Waals surface area contributed by atoms with Crippen molar-refractivity contribution in [2.45, 2.75) is 13.5 Å². The van der Waals surface area contributed by atoms with E-state index in [9.17, 15) is 4.79 Å². The minimum absolute atomic E-state index is 0.191. The highest BCUT2D eigenvalue weighted by Gasteiger charge is 2.07. The van der Waals surface area contributed by atoms with Crippen LogP contribution in [0.1, 0.15) is 21.5 Å². The van der Waals surface area contributed by atoms with Crippen molar-refractivity contribution in [3.63, 3.8) is 0 Å². The van der Waals surface area contributed by atoms with Crippen molar-refractivity contribution in [2.24, 2.45) is 0 Å². The number of hydrogen-bond donors (Lipinski definition) is 0. The molecule has 1 heterocycles. The number of nitrogens with zero attached hydrogens (tertiary/aromatic N) is 1. The third kappa shape index (κ3) is 3.31. The van der Waals surface area contributed by atoms with Gasteiger partial charge >= 0.3 is 5.97 Å². The van der Waals surface area contributed by atoms with Crippen LogP contribution in [0.25, 0.3) is 0 Å². The highest BCUT2D eigenvalue weighted by atomic mass is 35.5. The van der Waals surface area contributed by atoms with Crippen molar-refractivity contribution in [1.29, 1.82) is 0 Å². The highest BCUT2D eigenvalue weighted by Crippen LogP contribution is 2.09. The average Bonchev–Trinajstić information content (AvgIpc) is 2.38. The molecule has 0 radical (unpaired) electrons. The minimum Gasteiger partial charge on any atom is -0.457 e. The van der Waals surface area contributed by atoms with Crippen LogP contribution in [0.15, 0.2) is 42.6 Å². The van der Waals surface area contributed by atoms with Crippen molar-refractivity contribution < 1.29 is 9.53 Å². The first kappa shape index (κ1) is 12.6. The standard InChI is InChI=1S/C14H12ClNO2/c1-10-3-2-4-12(7-10)14(17)18-9-11-5-6-13(15)16-8-11/h2-8H,9H2,1H3. The Kier molecular flexibility index (Phi) is 3.95. The second-order valence-electron chi connectivity index (χ2n) is 3.93. The number of benzene rings is 1. The average molecular weight is 262 g/mol. The van der Waals surface area contributed by atoms with Gasteiger partial charge in [-0.2, -0.15) is 0 Å². The molecule has 2 aromatic rings. The lowest BCUT2D eigenvalue weighted by molar-refractivity contribution is 0.0472. The molecule has 0 amide bonds. The molecule has 0 spiro atoms. The lowest BCUT2D eigenvalue weighted by atomic mass is 10.1. The van der Waals surface area contributed by atoms with Crippen molar-refractivity contribution in [3.05, 3.63) is 64.4 Å². The molecule has 0 aliphatic carbocycles. The van der Waals surface area contributed by atoms with Crippen molar-refractivity contribution in [2.75, 3.05) is 0 Å². The predicted molar refractivity (Wildman–Crippen MR) is 69.5 cm³/mol. The Hall–Kier alpha value is -1.87. The zero-order chi connectivity index (χ0) is 13.0. The Balaban J connectivity index is 1.98. The van der Waals surface area contributed by atoms with Gasteiger partial charge in [0, 0.05) is 11.8 Å². The molecule has 3 nitrogen and oxygen atoms in total. The van der Waals surface area contributed by atoms with Crippen LogP contribution >= 0.6 is 11.6 Å². The summed E-state index contributed by atoms with van der Waals surface area (Å²) in [6, 6.07) is 10.7. The van der Waals surface area contributed by atoms with Gasteiger partial charge in [-0.15, -0.1) is 0 Å². The molecule has 0 aliphatic heterocycles. The van der Waals surface area contributed by atoms with Gasteiger partial charge in [0.1, 0.15) is 11.8 Å². The lowest BCUT2D eigenvalue weighted by Crippen LogP contribution is -2.05. The summed E-state index contributed by atoms with van der Waals surface area (Å²) in [5.41, 5.74) is 2.38. The minimum atomic E-state index is -0.339. The van der Waals surface area contributed by atoms with Crippen LogP contribution < -0.4 is 0 Å². The normalized spacial score (nSPS) is 10.1. The van der Waals surface area contributed by atoms with Gasteiger partial charge in [0.25, 0.3) is 0 Å². The summed E-state index contributed by atoms with van der Waals surface area (Å²) in [6.45, 7) is 2.12. The van der Waals surface area contributed by atoms with E-state index in [1.54, 1.807) is 30.5 Å². The summed E-state index contributed by atoms with van der Waals surface area (Å²) >= 11 is 5.67. The van der Waals surface area contributed by atoms with Gasteiger partial charge in [-0.05, 0) is 25.1 Å². The first-order chi connectivity index (χ1) is 8.65.